The van der Waals surface area contributed by atoms with E-state index in [2.05, 4.69) is 55.8 Å². The minimum atomic E-state index is -1.10. The molecule has 336 valence electrons. The molecule has 2 saturated carbocycles. The lowest BCUT2D eigenvalue weighted by Gasteiger charge is -2.65. The van der Waals surface area contributed by atoms with Gasteiger partial charge in [-0.15, -0.1) is 0 Å². The maximum Gasteiger partial charge on any atom is 0.262 e. The highest BCUT2D eigenvalue weighted by atomic mass is 35.5. The number of halogens is 2. The maximum atomic E-state index is 15.6. The Bertz CT molecular complexity index is 2660. The van der Waals surface area contributed by atoms with Gasteiger partial charge in [-0.1, -0.05) is 45.2 Å². The zero-order chi connectivity index (χ0) is 45.7. The number of nitrogens with zero attached hydrogens (tertiary/aromatic N) is 6. The molecule has 3 saturated heterocycles. The van der Waals surface area contributed by atoms with Gasteiger partial charge in [0.1, 0.15) is 35.5 Å². The summed E-state index contributed by atoms with van der Waals surface area (Å²) in [6.07, 6.45) is 5.82. The van der Waals surface area contributed by atoms with Crippen LogP contribution in [0.25, 0.3) is 0 Å². The number of likely N-dealkylation sites (tertiary alicyclic amines) is 1. The first kappa shape index (κ1) is 43.1. The standard InChI is InChI=1S/C50H51ClFN7O6/c1-48(2)46(49(3,4)47(48)65-32-13-8-29(24-53)36(51)21-32)58-25-38-33(43(58)62)14-10-30(54-38)9-5-28-6-11-31(12-7-28)57-26-50(27-57)17-19-56(20-18-50)40-23-35-34(22-37(40)52)44(63)59(45(35)64)39-15-16-41(60)55-42(39)61/h8,10,13-14,21-23,28,31,39,46-47H,6-7,11-12,15-20,25-27H2,1-4H3,(H,55,60,61). The summed E-state index contributed by atoms with van der Waals surface area (Å²) in [6, 6.07) is 12.8. The number of hydrogen-bond donors (Lipinski definition) is 1. The quantitative estimate of drug-likeness (QED) is 0.214. The third-order valence-corrected chi connectivity index (χ3v) is 15.9. The fourth-order valence-corrected chi connectivity index (χ4v) is 12.8. The minimum Gasteiger partial charge on any atom is -0.489 e. The Balaban J connectivity index is 0.704. The van der Waals surface area contributed by atoms with Gasteiger partial charge in [-0.05, 0) is 92.7 Å². The second kappa shape index (κ2) is 15.7. The van der Waals surface area contributed by atoms with E-state index < -0.39 is 35.5 Å². The molecule has 15 heteroatoms. The van der Waals surface area contributed by atoms with Gasteiger partial charge in [-0.2, -0.15) is 5.26 Å². The number of benzene rings is 2. The molecule has 5 fully saturated rings. The zero-order valence-electron chi connectivity index (χ0n) is 37.0. The van der Waals surface area contributed by atoms with E-state index in [4.69, 9.17) is 21.3 Å². The van der Waals surface area contributed by atoms with Crippen LogP contribution in [-0.2, 0) is 16.1 Å². The van der Waals surface area contributed by atoms with Crippen LogP contribution in [0.2, 0.25) is 5.02 Å². The fraction of sp³-hybridized carbons (Fsp3) is 0.500. The van der Waals surface area contributed by atoms with E-state index in [0.29, 0.717) is 59.0 Å². The van der Waals surface area contributed by atoms with Crippen molar-refractivity contribution in [1.82, 2.24) is 25.0 Å². The number of rotatable bonds is 6. The van der Waals surface area contributed by atoms with E-state index in [1.807, 2.05) is 21.9 Å². The summed E-state index contributed by atoms with van der Waals surface area (Å²) in [5.41, 5.74) is 2.20. The molecule has 5 amide bonds. The topological polar surface area (TPSA) is 156 Å². The third-order valence-electron chi connectivity index (χ3n) is 15.5. The van der Waals surface area contributed by atoms with Gasteiger partial charge >= 0.3 is 0 Å². The van der Waals surface area contributed by atoms with Crippen molar-refractivity contribution in [2.75, 3.05) is 31.1 Å². The number of anilines is 1. The lowest BCUT2D eigenvalue weighted by molar-refractivity contribution is -0.199. The summed E-state index contributed by atoms with van der Waals surface area (Å²) in [5, 5.41) is 11.8. The van der Waals surface area contributed by atoms with Crippen LogP contribution in [0.5, 0.6) is 5.75 Å². The first-order valence-electron chi connectivity index (χ1n) is 22.7. The largest absolute Gasteiger partial charge is 0.489 e. The number of aromatic nitrogens is 1. The molecule has 13 nitrogen and oxygen atoms in total. The summed E-state index contributed by atoms with van der Waals surface area (Å²) in [5.74, 6) is 4.62. The summed E-state index contributed by atoms with van der Waals surface area (Å²) in [7, 11) is 0. The van der Waals surface area contributed by atoms with Crippen LogP contribution in [0.15, 0.2) is 42.5 Å². The number of fused-ring (bicyclic) bond motifs is 2. The van der Waals surface area contributed by atoms with Gasteiger partial charge in [0.05, 0.1) is 45.2 Å². The highest BCUT2D eigenvalue weighted by Gasteiger charge is 2.67. The van der Waals surface area contributed by atoms with E-state index in [1.165, 1.54) is 6.07 Å². The molecule has 6 heterocycles. The number of pyridine rings is 1. The number of imide groups is 2. The van der Waals surface area contributed by atoms with Gasteiger partial charge in [0.2, 0.25) is 11.8 Å². The SMILES string of the molecule is CC1(C)C(Oc2ccc(C#N)c(Cl)c2)C(C)(C)C1N1Cc2nc(C#CC3CCC(N4CC5(CCN(c6cc7c(cc6F)C(=O)N(C6CCC(=O)NC6=O)C7=O)CC5)C4)CC3)ccc2C1=O. The van der Waals surface area contributed by atoms with E-state index in [-0.39, 0.29) is 64.2 Å². The van der Waals surface area contributed by atoms with Crippen LogP contribution in [0.3, 0.4) is 0 Å². The number of carbonyl (C=O) groups is 5. The van der Waals surface area contributed by atoms with Crippen LogP contribution in [-0.4, -0.2) is 99.6 Å². The van der Waals surface area contributed by atoms with E-state index >= 15 is 4.39 Å². The number of nitriles is 1. The molecule has 0 radical (unpaired) electrons. The number of amides is 5. The number of piperidine rings is 2. The summed E-state index contributed by atoms with van der Waals surface area (Å²) < 4.78 is 22.0. The Labute approximate surface area is 382 Å². The van der Waals surface area contributed by atoms with Crippen LogP contribution in [0, 0.1) is 51.2 Å². The van der Waals surface area contributed by atoms with Crippen molar-refractivity contribution in [3.05, 3.63) is 86.9 Å². The maximum absolute atomic E-state index is 15.6. The number of hydrogen-bond acceptors (Lipinski definition) is 10. The van der Waals surface area contributed by atoms with E-state index in [9.17, 15) is 29.2 Å². The van der Waals surface area contributed by atoms with Gasteiger partial charge in [0.15, 0.2) is 0 Å². The molecule has 2 aromatic carbocycles. The molecule has 1 unspecified atom stereocenters. The molecule has 65 heavy (non-hydrogen) atoms. The average Bonchev–Trinajstić information content (AvgIpc) is 3.70. The molecule has 5 aliphatic heterocycles. The highest BCUT2D eigenvalue weighted by Crippen LogP contribution is 2.59. The van der Waals surface area contributed by atoms with Crippen molar-refractivity contribution < 1.29 is 33.1 Å². The average molecular weight is 900 g/mol. The molecule has 10 rings (SSSR count). The lowest BCUT2D eigenvalue weighted by atomic mass is 9.49. The van der Waals surface area contributed by atoms with Crippen LogP contribution in [0.4, 0.5) is 10.1 Å². The normalized spacial score (nSPS) is 27.6. The Morgan fingerprint density at radius 1 is 0.862 bits per heavy atom. The molecule has 0 bridgehead atoms. The Hall–Kier alpha value is -5.83. The van der Waals surface area contributed by atoms with Crippen LogP contribution >= 0.6 is 11.6 Å². The Kier molecular flexibility index (Phi) is 10.4. The van der Waals surface area contributed by atoms with E-state index in [0.717, 1.165) is 68.3 Å². The molecule has 1 spiro atoms. The van der Waals surface area contributed by atoms with Crippen molar-refractivity contribution in [2.45, 2.75) is 110 Å². The molecule has 1 atom stereocenters. The second-order valence-electron chi connectivity index (χ2n) is 20.4. The van der Waals surface area contributed by atoms with Crippen molar-refractivity contribution in [2.24, 2.45) is 22.2 Å². The van der Waals surface area contributed by atoms with E-state index in [1.54, 1.807) is 18.2 Å². The lowest BCUT2D eigenvalue weighted by Crippen LogP contribution is -2.74. The monoisotopic (exact) mass is 899 g/mol. The summed E-state index contributed by atoms with van der Waals surface area (Å²) in [4.78, 5) is 76.8. The van der Waals surface area contributed by atoms with Crippen molar-refractivity contribution in [3.8, 4) is 23.7 Å². The van der Waals surface area contributed by atoms with Crippen molar-refractivity contribution >= 4 is 46.8 Å². The van der Waals surface area contributed by atoms with Crippen LogP contribution in [0.1, 0.15) is 127 Å². The van der Waals surface area contributed by atoms with Crippen LogP contribution < -0.4 is 15.0 Å². The third kappa shape index (κ3) is 7.15. The second-order valence-corrected chi connectivity index (χ2v) is 20.8. The van der Waals surface area contributed by atoms with Gasteiger partial charge in [0.25, 0.3) is 17.7 Å². The number of ether oxygens (including phenoxy) is 1. The van der Waals surface area contributed by atoms with Gasteiger partial charge in [-0.25, -0.2) is 9.37 Å². The fourth-order valence-electron chi connectivity index (χ4n) is 12.6. The van der Waals surface area contributed by atoms with Crippen molar-refractivity contribution in [3.63, 3.8) is 0 Å². The highest BCUT2D eigenvalue weighted by molar-refractivity contribution is 6.31. The molecule has 7 aliphatic rings. The Morgan fingerprint density at radius 3 is 2.22 bits per heavy atom. The molecular weight excluding hydrogens is 849 g/mol. The minimum absolute atomic E-state index is 0.0199. The number of carbonyl (C=O) groups excluding carboxylic acids is 5. The van der Waals surface area contributed by atoms with Gasteiger partial charge < -0.3 is 14.5 Å². The first-order chi connectivity index (χ1) is 31.0. The molecule has 1 aromatic heterocycles. The van der Waals surface area contributed by atoms with Gasteiger partial charge in [-0.3, -0.25) is 39.1 Å². The van der Waals surface area contributed by atoms with Gasteiger partial charge in [0, 0.05) is 67.5 Å². The molecule has 1 N–H and O–H groups in total. The summed E-state index contributed by atoms with van der Waals surface area (Å²) in [6.45, 7) is 12.2. The smallest absolute Gasteiger partial charge is 0.262 e. The molecule has 2 aliphatic carbocycles. The molecular formula is C50H51ClFN7O6. The predicted octanol–water partition coefficient (Wildman–Crippen LogP) is 6.50. The Morgan fingerprint density at radius 2 is 1.55 bits per heavy atom. The van der Waals surface area contributed by atoms with Crippen molar-refractivity contribution in [1.29, 1.82) is 5.26 Å². The first-order valence-corrected chi connectivity index (χ1v) is 23.1. The zero-order valence-corrected chi connectivity index (χ0v) is 37.8. The number of nitrogens with one attached hydrogen (secondary N) is 1. The molecule has 3 aromatic rings. The summed E-state index contributed by atoms with van der Waals surface area (Å²) >= 11 is 6.30. The predicted molar refractivity (Wildman–Crippen MR) is 237 cm³/mol.